The lowest BCUT2D eigenvalue weighted by Gasteiger charge is -2.42. The number of imide groups is 1. The maximum atomic E-state index is 13.4. The van der Waals surface area contributed by atoms with Crippen LogP contribution in [0.15, 0.2) is 34.3 Å². The van der Waals surface area contributed by atoms with E-state index in [9.17, 15) is 19.2 Å². The molecule has 2 aliphatic carbocycles. The number of H-pyrrole nitrogens is 1. The number of thioether (sulfide) groups is 1. The lowest BCUT2D eigenvalue weighted by atomic mass is 9.68. The Morgan fingerprint density at radius 1 is 1.24 bits per heavy atom. The van der Waals surface area contributed by atoms with E-state index in [1.54, 1.807) is 18.0 Å². The van der Waals surface area contributed by atoms with Crippen LogP contribution in [0, 0.1) is 29.6 Å². The van der Waals surface area contributed by atoms with Crippen LogP contribution in [0.25, 0.3) is 0 Å². The predicted octanol–water partition coefficient (Wildman–Crippen LogP) is 2.65. The number of aromatic nitrogens is 2. The summed E-state index contributed by atoms with van der Waals surface area (Å²) in [6.45, 7) is 2.00. The van der Waals surface area contributed by atoms with Gasteiger partial charge in [-0.1, -0.05) is 30.7 Å². The second-order valence-corrected chi connectivity index (χ2v) is 11.8. The Hall–Kier alpha value is -2.46. The van der Waals surface area contributed by atoms with E-state index in [4.69, 9.17) is 4.74 Å². The Kier molecular flexibility index (Phi) is 5.40. The fourth-order valence-corrected chi connectivity index (χ4v) is 9.56. The first-order valence-electron chi connectivity index (χ1n) is 11.8. The molecule has 1 saturated heterocycles. The van der Waals surface area contributed by atoms with Crippen molar-refractivity contribution < 1.29 is 19.1 Å². The zero-order chi connectivity index (χ0) is 23.6. The first-order valence-corrected chi connectivity index (χ1v) is 13.5. The Morgan fingerprint density at radius 2 is 2.03 bits per heavy atom. The number of nitrogens with one attached hydrogen (secondary N) is 1. The van der Waals surface area contributed by atoms with Crippen molar-refractivity contribution in [2.45, 2.75) is 42.4 Å². The maximum Gasteiger partial charge on any atom is 0.326 e. The van der Waals surface area contributed by atoms with E-state index in [1.165, 1.54) is 11.3 Å². The number of esters is 1. The molecule has 10 heteroatoms. The highest BCUT2D eigenvalue weighted by Gasteiger charge is 2.69. The van der Waals surface area contributed by atoms with Gasteiger partial charge in [-0.3, -0.25) is 29.1 Å². The van der Waals surface area contributed by atoms with Crippen LogP contribution in [0.4, 0.5) is 0 Å². The standard InChI is InChI=1S/C24H25N3O5S2/c1-2-3-7-32-14(28)10-27-22(29)17-12-8-13(18(17)23(27)30)19-16(12)15(11-5-4-6-25-9-11)20-21(33-19)26-24(31)34-20/h4-6,9,12-13,15-19H,2-3,7-8,10H2,1H3,(H,26,31). The van der Waals surface area contributed by atoms with Gasteiger partial charge in [-0.25, -0.2) is 0 Å². The summed E-state index contributed by atoms with van der Waals surface area (Å²) < 4.78 is 5.22. The van der Waals surface area contributed by atoms with E-state index < -0.39 is 17.8 Å². The summed E-state index contributed by atoms with van der Waals surface area (Å²) in [5.74, 6) is -1.64. The van der Waals surface area contributed by atoms with E-state index in [-0.39, 0.29) is 52.2 Å². The number of hydrogen-bond donors (Lipinski definition) is 1. The molecule has 2 aromatic heterocycles. The van der Waals surface area contributed by atoms with E-state index in [0.29, 0.717) is 6.61 Å². The van der Waals surface area contributed by atoms with E-state index in [0.717, 1.165) is 39.6 Å². The Morgan fingerprint density at radius 3 is 2.76 bits per heavy atom. The average Bonchev–Trinajstić information content (AvgIpc) is 3.55. The Balaban J connectivity index is 1.32. The van der Waals surface area contributed by atoms with Crippen molar-refractivity contribution in [2.75, 3.05) is 13.2 Å². The molecule has 7 unspecified atom stereocenters. The number of aromatic amines is 1. The van der Waals surface area contributed by atoms with Gasteiger partial charge in [0.15, 0.2) is 0 Å². The van der Waals surface area contributed by atoms with Gasteiger partial charge in [0.1, 0.15) is 6.54 Å². The molecule has 2 bridgehead atoms. The molecule has 2 amide bonds. The number of pyridine rings is 1. The van der Waals surface area contributed by atoms with E-state index in [2.05, 4.69) is 9.97 Å². The van der Waals surface area contributed by atoms with Gasteiger partial charge < -0.3 is 9.72 Å². The van der Waals surface area contributed by atoms with Crippen molar-refractivity contribution in [3.05, 3.63) is 44.6 Å². The van der Waals surface area contributed by atoms with Gasteiger partial charge in [-0.15, -0.1) is 11.8 Å². The zero-order valence-electron chi connectivity index (χ0n) is 18.6. The van der Waals surface area contributed by atoms with Gasteiger partial charge in [0.05, 0.1) is 23.5 Å². The third kappa shape index (κ3) is 3.21. The van der Waals surface area contributed by atoms with Crippen molar-refractivity contribution in [1.29, 1.82) is 0 Å². The highest BCUT2D eigenvalue weighted by molar-refractivity contribution is 8.00. The van der Waals surface area contributed by atoms with Gasteiger partial charge in [-0.05, 0) is 42.2 Å². The Bertz CT molecular complexity index is 1210. The number of ether oxygens (including phenoxy) is 1. The monoisotopic (exact) mass is 499 g/mol. The molecular weight excluding hydrogens is 474 g/mol. The molecule has 178 valence electrons. The smallest absolute Gasteiger partial charge is 0.326 e. The van der Waals surface area contributed by atoms with Crippen LogP contribution < -0.4 is 4.87 Å². The number of hydrogen-bond acceptors (Lipinski definition) is 8. The van der Waals surface area contributed by atoms with Crippen molar-refractivity contribution in [1.82, 2.24) is 14.9 Å². The molecule has 0 radical (unpaired) electrons. The summed E-state index contributed by atoms with van der Waals surface area (Å²) in [5.41, 5.74) is 1.03. The minimum Gasteiger partial charge on any atom is -0.464 e. The number of nitrogens with zero attached hydrogens (tertiary/aromatic N) is 2. The summed E-state index contributed by atoms with van der Waals surface area (Å²) in [4.78, 5) is 60.7. The van der Waals surface area contributed by atoms with Gasteiger partial charge in [0.2, 0.25) is 11.8 Å². The molecule has 0 aromatic carbocycles. The van der Waals surface area contributed by atoms with Crippen LogP contribution in [-0.2, 0) is 19.1 Å². The number of rotatable bonds is 6. The van der Waals surface area contributed by atoms with Crippen LogP contribution in [-0.4, -0.2) is 51.1 Å². The molecule has 8 nitrogen and oxygen atoms in total. The fraction of sp³-hybridized carbons (Fsp3) is 0.542. The summed E-state index contributed by atoms with van der Waals surface area (Å²) in [7, 11) is 0. The van der Waals surface area contributed by atoms with Crippen LogP contribution in [0.1, 0.15) is 42.5 Å². The third-order valence-corrected chi connectivity index (χ3v) is 10.5. The van der Waals surface area contributed by atoms with Crippen LogP contribution >= 0.6 is 23.1 Å². The van der Waals surface area contributed by atoms with Gasteiger partial charge in [-0.2, -0.15) is 0 Å². The SMILES string of the molecule is CCCCOC(=O)CN1C(=O)C2C3CC(C2C1=O)C1C(c2cccnc2)c2sc(=O)[nH]c2SC31. The molecule has 4 aliphatic rings. The summed E-state index contributed by atoms with van der Waals surface area (Å²) in [6.07, 6.45) is 6.05. The second-order valence-electron chi connectivity index (χ2n) is 9.58. The molecule has 4 heterocycles. The molecule has 2 aliphatic heterocycles. The number of fused-ring (bicyclic) bond motifs is 9. The molecular formula is C24H25N3O5S2. The fourth-order valence-electron chi connectivity index (χ4n) is 6.67. The average molecular weight is 500 g/mol. The third-order valence-electron chi connectivity index (χ3n) is 7.91. The molecule has 6 rings (SSSR count). The number of unbranched alkanes of at least 4 members (excludes halogenated alkanes) is 1. The minimum absolute atomic E-state index is 0.0284. The lowest BCUT2D eigenvalue weighted by molar-refractivity contribution is -0.153. The number of amides is 2. The highest BCUT2D eigenvalue weighted by atomic mass is 32.2. The van der Waals surface area contributed by atoms with Crippen molar-refractivity contribution in [2.24, 2.45) is 29.6 Å². The van der Waals surface area contributed by atoms with Gasteiger partial charge in [0, 0.05) is 28.4 Å². The quantitative estimate of drug-likeness (QED) is 0.370. The van der Waals surface area contributed by atoms with Crippen molar-refractivity contribution in [3.8, 4) is 0 Å². The number of likely N-dealkylation sites (tertiary alicyclic amines) is 1. The molecule has 3 fully saturated rings. The topological polar surface area (TPSA) is 109 Å². The number of carbonyl (C=O) groups excluding carboxylic acids is 3. The van der Waals surface area contributed by atoms with Gasteiger partial charge >= 0.3 is 10.8 Å². The minimum atomic E-state index is -0.526. The lowest BCUT2D eigenvalue weighted by Crippen LogP contribution is -2.42. The maximum absolute atomic E-state index is 13.4. The van der Waals surface area contributed by atoms with Gasteiger partial charge in [0.25, 0.3) is 0 Å². The molecule has 7 atom stereocenters. The highest BCUT2D eigenvalue weighted by Crippen LogP contribution is 2.68. The number of thiazole rings is 1. The first kappa shape index (κ1) is 22.0. The van der Waals surface area contributed by atoms with E-state index in [1.807, 2.05) is 25.3 Å². The summed E-state index contributed by atoms with van der Waals surface area (Å²) in [6, 6.07) is 3.93. The van der Waals surface area contributed by atoms with Crippen molar-refractivity contribution in [3.63, 3.8) is 0 Å². The van der Waals surface area contributed by atoms with E-state index >= 15 is 0 Å². The van der Waals surface area contributed by atoms with Crippen molar-refractivity contribution >= 4 is 40.9 Å². The Labute approximate surface area is 204 Å². The first-order chi connectivity index (χ1) is 16.5. The molecule has 2 aromatic rings. The molecule has 0 spiro atoms. The molecule has 1 N–H and O–H groups in total. The molecule has 2 saturated carbocycles. The molecule has 34 heavy (non-hydrogen) atoms. The van der Waals surface area contributed by atoms with Crippen LogP contribution in [0.3, 0.4) is 0 Å². The summed E-state index contributed by atoms with van der Waals surface area (Å²) >= 11 is 2.88. The van der Waals surface area contributed by atoms with Crippen LogP contribution in [0.2, 0.25) is 0 Å². The second kappa shape index (κ2) is 8.34. The predicted molar refractivity (Wildman–Crippen MR) is 125 cm³/mol. The zero-order valence-corrected chi connectivity index (χ0v) is 20.3. The normalized spacial score (nSPS) is 33.1. The summed E-state index contributed by atoms with van der Waals surface area (Å²) in [5, 5.41) is 1.00. The van der Waals surface area contributed by atoms with Crippen LogP contribution in [0.5, 0.6) is 0 Å². The number of carbonyl (C=O) groups is 3. The largest absolute Gasteiger partial charge is 0.464 e.